The summed E-state index contributed by atoms with van der Waals surface area (Å²) in [7, 11) is 1.35. The van der Waals surface area contributed by atoms with Crippen LogP contribution in [0.25, 0.3) is 0 Å². The van der Waals surface area contributed by atoms with E-state index >= 15 is 0 Å². The number of rotatable bonds is 37. The standard InChI is InChI=1S/C48H78NO9P/c1-6-8-10-12-14-15-16-17-18-19-20-21-22-23-27-31-35-39-47(51)55-43-46(44-57-59(53,54)56-42-41-49(3,4)5)58-48(52)40-36-32-28-25-24-26-30-34-38-45(50)37-33-29-13-11-9-7-2/h9,11,14-15,17-18,20-21,23,25-30,33-34,38,45-46,50H,6-8,10,12-13,16,19,22,24,31-32,35-37,39-44H2,1-5H3/p+1/b11-9-,15-14-,18-17-,21-20-,27-23-,28-25-,30-26-,33-29-,38-34+/t45?,46-/m1/s1. The van der Waals surface area contributed by atoms with Gasteiger partial charge in [-0.05, 0) is 83.5 Å². The van der Waals surface area contributed by atoms with Crippen LogP contribution in [0.5, 0.6) is 0 Å². The van der Waals surface area contributed by atoms with E-state index in [1.54, 1.807) is 6.08 Å². The maximum absolute atomic E-state index is 12.7. The number of carbonyl (C=O) groups is 2. The van der Waals surface area contributed by atoms with Gasteiger partial charge in [0.05, 0.1) is 33.9 Å². The number of esters is 2. The first-order chi connectivity index (χ1) is 28.4. The average molecular weight is 845 g/mol. The predicted octanol–water partition coefficient (Wildman–Crippen LogP) is 11.3. The van der Waals surface area contributed by atoms with Crippen LogP contribution in [-0.4, -0.2) is 86.1 Å². The number of phosphoric ester groups is 1. The summed E-state index contributed by atoms with van der Waals surface area (Å²) in [5.41, 5.74) is 0. The van der Waals surface area contributed by atoms with Crippen LogP contribution in [-0.2, 0) is 32.7 Å². The van der Waals surface area contributed by atoms with Crippen LogP contribution < -0.4 is 0 Å². The number of nitrogens with zero attached hydrogens (tertiary/aromatic N) is 1. The number of quaternary nitrogens is 1. The lowest BCUT2D eigenvalue weighted by molar-refractivity contribution is -0.870. The molecular weight excluding hydrogens is 766 g/mol. The Labute approximate surface area is 358 Å². The van der Waals surface area contributed by atoms with Gasteiger partial charge < -0.3 is 24.0 Å². The van der Waals surface area contributed by atoms with E-state index in [-0.39, 0.29) is 26.1 Å². The lowest BCUT2D eigenvalue weighted by Crippen LogP contribution is -2.37. The van der Waals surface area contributed by atoms with E-state index in [2.05, 4.69) is 68.5 Å². The molecule has 2 unspecified atom stereocenters. The zero-order valence-corrected chi connectivity index (χ0v) is 37.9. The number of aliphatic hydroxyl groups is 1. The number of hydrogen-bond acceptors (Lipinski definition) is 8. The van der Waals surface area contributed by atoms with Gasteiger partial charge >= 0.3 is 19.8 Å². The largest absolute Gasteiger partial charge is 0.472 e. The Morgan fingerprint density at radius 1 is 0.627 bits per heavy atom. The Balaban J connectivity index is 4.65. The van der Waals surface area contributed by atoms with E-state index in [4.69, 9.17) is 18.5 Å². The molecule has 0 aliphatic carbocycles. The zero-order valence-electron chi connectivity index (χ0n) is 37.0. The van der Waals surface area contributed by atoms with E-state index in [1.165, 1.54) is 19.3 Å². The number of hydrogen-bond donors (Lipinski definition) is 2. The third kappa shape index (κ3) is 42.6. The van der Waals surface area contributed by atoms with Gasteiger partial charge in [0.25, 0.3) is 0 Å². The zero-order chi connectivity index (χ0) is 43.7. The van der Waals surface area contributed by atoms with Gasteiger partial charge in [-0.25, -0.2) is 4.57 Å². The fourth-order valence-corrected chi connectivity index (χ4v) is 5.69. The molecule has 0 bridgehead atoms. The van der Waals surface area contributed by atoms with E-state index in [9.17, 15) is 24.2 Å². The van der Waals surface area contributed by atoms with Crippen LogP contribution in [0.3, 0.4) is 0 Å². The molecule has 0 amide bonds. The van der Waals surface area contributed by atoms with E-state index < -0.39 is 38.6 Å². The summed E-state index contributed by atoms with van der Waals surface area (Å²) in [6.07, 6.45) is 49.0. The van der Waals surface area contributed by atoms with Crippen LogP contribution >= 0.6 is 7.82 Å². The number of phosphoric acid groups is 1. The Morgan fingerprint density at radius 3 is 1.73 bits per heavy atom. The molecule has 11 heteroatoms. The highest BCUT2D eigenvalue weighted by molar-refractivity contribution is 7.47. The minimum Gasteiger partial charge on any atom is -0.462 e. The van der Waals surface area contributed by atoms with Gasteiger partial charge in [0.1, 0.15) is 19.8 Å². The topological polar surface area (TPSA) is 129 Å². The van der Waals surface area contributed by atoms with E-state index in [0.717, 1.165) is 44.9 Å². The molecule has 59 heavy (non-hydrogen) atoms. The second-order valence-electron chi connectivity index (χ2n) is 15.2. The van der Waals surface area contributed by atoms with Gasteiger partial charge in [0.15, 0.2) is 6.10 Å². The third-order valence-corrected chi connectivity index (χ3v) is 9.35. The van der Waals surface area contributed by atoms with Crippen molar-refractivity contribution >= 4 is 19.8 Å². The number of carbonyl (C=O) groups excluding carboxylic acids is 2. The van der Waals surface area contributed by atoms with Gasteiger partial charge in [-0.2, -0.15) is 0 Å². The smallest absolute Gasteiger partial charge is 0.462 e. The van der Waals surface area contributed by atoms with Crippen molar-refractivity contribution in [2.75, 3.05) is 47.5 Å². The summed E-state index contributed by atoms with van der Waals surface area (Å²) in [4.78, 5) is 35.3. The quantitative estimate of drug-likeness (QED) is 0.0157. The predicted molar refractivity (Wildman–Crippen MR) is 244 cm³/mol. The number of allylic oxidation sites excluding steroid dienone is 16. The number of unbranched alkanes of at least 4 members (excludes halogenated alkanes) is 5. The molecule has 0 fully saturated rings. The minimum absolute atomic E-state index is 0.00522. The van der Waals surface area contributed by atoms with E-state index in [0.29, 0.717) is 43.1 Å². The molecule has 0 heterocycles. The molecule has 0 radical (unpaired) electrons. The Kier molecular flexibility index (Phi) is 36.6. The van der Waals surface area contributed by atoms with Crippen LogP contribution in [0.1, 0.15) is 123 Å². The first-order valence-electron chi connectivity index (χ1n) is 21.7. The number of aliphatic hydroxyl groups excluding tert-OH is 1. The molecule has 0 aromatic carbocycles. The van der Waals surface area contributed by atoms with Crippen LogP contribution in [0.2, 0.25) is 0 Å². The molecule has 0 saturated heterocycles. The molecule has 0 aliphatic rings. The lowest BCUT2D eigenvalue weighted by Gasteiger charge is -2.24. The molecule has 334 valence electrons. The van der Waals surface area contributed by atoms with Gasteiger partial charge in [-0.15, -0.1) is 0 Å². The van der Waals surface area contributed by atoms with Crippen LogP contribution in [0.15, 0.2) is 109 Å². The highest BCUT2D eigenvalue weighted by Gasteiger charge is 2.27. The molecule has 0 spiro atoms. The van der Waals surface area contributed by atoms with Crippen molar-refractivity contribution in [3.8, 4) is 0 Å². The fourth-order valence-electron chi connectivity index (χ4n) is 4.95. The summed E-state index contributed by atoms with van der Waals surface area (Å²) in [6.45, 7) is 4.02. The summed E-state index contributed by atoms with van der Waals surface area (Å²) in [5, 5.41) is 10.0. The molecule has 0 rings (SSSR count). The SMILES string of the molecule is CC/C=C\C/C=C\CC(O)/C=C/C=C\C/C=C\CCCC(=O)O[C@H](COC(=O)CCC/C=C\C/C=C\C/C=C\C/C=C\CCCCC)COP(=O)(O)OCC[N+](C)(C)C. The highest BCUT2D eigenvalue weighted by atomic mass is 31.2. The van der Waals surface area contributed by atoms with E-state index in [1.807, 2.05) is 69.8 Å². The number of likely N-dealkylation sites (N-methyl/N-ethyl adjacent to an activating group) is 1. The van der Waals surface area contributed by atoms with Crippen molar-refractivity contribution in [3.63, 3.8) is 0 Å². The highest BCUT2D eigenvalue weighted by Crippen LogP contribution is 2.43. The fraction of sp³-hybridized carbons (Fsp3) is 0.583. The lowest BCUT2D eigenvalue weighted by atomic mass is 10.2. The number of ether oxygens (including phenoxy) is 2. The van der Waals surface area contributed by atoms with Crippen LogP contribution in [0.4, 0.5) is 0 Å². The third-order valence-electron chi connectivity index (χ3n) is 8.37. The van der Waals surface area contributed by atoms with Gasteiger partial charge in [0, 0.05) is 12.8 Å². The van der Waals surface area contributed by atoms with Crippen molar-refractivity contribution in [2.24, 2.45) is 0 Å². The Morgan fingerprint density at radius 2 is 1.15 bits per heavy atom. The van der Waals surface area contributed by atoms with Gasteiger partial charge in [-0.3, -0.25) is 18.6 Å². The molecule has 0 saturated carbocycles. The minimum atomic E-state index is -4.43. The Bertz CT molecular complexity index is 1380. The van der Waals surface area contributed by atoms with Crippen molar-refractivity contribution in [3.05, 3.63) is 109 Å². The molecule has 0 aromatic rings. The molecule has 0 aliphatic heterocycles. The molecule has 3 atom stereocenters. The van der Waals surface area contributed by atoms with Crippen LogP contribution in [0, 0.1) is 0 Å². The second kappa shape index (κ2) is 38.8. The normalized spacial score (nSPS) is 15.2. The summed E-state index contributed by atoms with van der Waals surface area (Å²) in [6, 6.07) is 0. The van der Waals surface area contributed by atoms with Gasteiger partial charge in [-0.1, -0.05) is 136 Å². The Hall–Kier alpha value is -3.37. The van der Waals surface area contributed by atoms with Crippen molar-refractivity contribution in [1.29, 1.82) is 0 Å². The summed E-state index contributed by atoms with van der Waals surface area (Å²) >= 11 is 0. The molecular formula is C48H79NO9P+. The first-order valence-corrected chi connectivity index (χ1v) is 23.2. The van der Waals surface area contributed by atoms with Crippen molar-refractivity contribution < 1.29 is 47.2 Å². The molecule has 2 N–H and O–H groups in total. The monoisotopic (exact) mass is 845 g/mol. The second-order valence-corrected chi connectivity index (χ2v) is 16.6. The molecule has 10 nitrogen and oxygen atoms in total. The maximum Gasteiger partial charge on any atom is 0.472 e. The van der Waals surface area contributed by atoms with Gasteiger partial charge in [0.2, 0.25) is 0 Å². The molecule has 0 aromatic heterocycles. The first kappa shape index (κ1) is 55.6. The summed E-state index contributed by atoms with van der Waals surface area (Å²) < 4.78 is 34.1. The van der Waals surface area contributed by atoms with Crippen molar-refractivity contribution in [1.82, 2.24) is 0 Å². The average Bonchev–Trinajstić information content (AvgIpc) is 3.18. The maximum atomic E-state index is 12.7. The summed E-state index contributed by atoms with van der Waals surface area (Å²) in [5.74, 6) is -0.986. The van der Waals surface area contributed by atoms with Crippen molar-refractivity contribution in [2.45, 2.75) is 135 Å².